The van der Waals surface area contributed by atoms with Gasteiger partial charge in [0, 0.05) is 6.54 Å². The van der Waals surface area contributed by atoms with Crippen LogP contribution >= 0.6 is 0 Å². The average molecular weight is 284 g/mol. The summed E-state index contributed by atoms with van der Waals surface area (Å²) in [5.74, 6) is -1.07. The van der Waals surface area contributed by atoms with Crippen LogP contribution in [0, 0.1) is 0 Å². The van der Waals surface area contributed by atoms with Crippen molar-refractivity contribution in [2.24, 2.45) is 0 Å². The van der Waals surface area contributed by atoms with Gasteiger partial charge in [0.25, 0.3) is 0 Å². The number of hydrogen-bond acceptors (Lipinski definition) is 4. The summed E-state index contributed by atoms with van der Waals surface area (Å²) in [6.07, 6.45) is 4.66. The van der Waals surface area contributed by atoms with Gasteiger partial charge in [-0.1, -0.05) is 12.8 Å². The Labute approximate surface area is 119 Å². The zero-order valence-corrected chi connectivity index (χ0v) is 12.1. The number of carboxylic acids is 1. The molecule has 2 saturated heterocycles. The molecule has 0 aromatic rings. The molecule has 0 radical (unpaired) electrons. The Morgan fingerprint density at radius 3 is 2.40 bits per heavy atom. The van der Waals surface area contributed by atoms with Crippen molar-refractivity contribution in [1.29, 1.82) is 0 Å². The lowest BCUT2D eigenvalue weighted by atomic mass is 10.1. The molecule has 6 nitrogen and oxygen atoms in total. The monoisotopic (exact) mass is 284 g/mol. The molecule has 6 heteroatoms. The summed E-state index contributed by atoms with van der Waals surface area (Å²) in [6.45, 7) is 4.62. The maximum atomic E-state index is 12.6. The third kappa shape index (κ3) is 3.49. The second-order valence-corrected chi connectivity index (χ2v) is 5.59. The molecule has 2 unspecified atom stereocenters. The molecule has 2 aliphatic heterocycles. The van der Waals surface area contributed by atoms with Gasteiger partial charge in [0.15, 0.2) is 6.04 Å². The van der Waals surface area contributed by atoms with Crippen LogP contribution in [0.25, 0.3) is 0 Å². The molecular weight excluding hydrogens is 260 g/mol. The van der Waals surface area contributed by atoms with Crippen LogP contribution in [0.5, 0.6) is 0 Å². The Bertz CT molecular complexity index is 353. The predicted octanol–water partition coefficient (Wildman–Crippen LogP) is 0.563. The fourth-order valence-corrected chi connectivity index (χ4v) is 2.95. The predicted molar refractivity (Wildman–Crippen MR) is 73.5 cm³/mol. The van der Waals surface area contributed by atoms with Crippen LogP contribution in [0.4, 0.5) is 0 Å². The molecule has 0 aliphatic carbocycles. The molecule has 2 aliphatic rings. The molecule has 0 saturated carbocycles. The van der Waals surface area contributed by atoms with Crippen LogP contribution in [0.2, 0.25) is 0 Å². The zero-order chi connectivity index (χ0) is 14.5. The summed E-state index contributed by atoms with van der Waals surface area (Å²) in [5, 5.41) is 9.21. The quantitative estimate of drug-likeness (QED) is 0.820. The highest BCUT2D eigenvalue weighted by molar-refractivity contribution is 5.87. The molecule has 0 aromatic heterocycles. The van der Waals surface area contributed by atoms with E-state index in [2.05, 4.69) is 4.90 Å². The van der Waals surface area contributed by atoms with Gasteiger partial charge in [-0.15, -0.1) is 0 Å². The molecule has 114 valence electrons. The van der Waals surface area contributed by atoms with Crippen LogP contribution < -0.4 is 0 Å². The first-order chi connectivity index (χ1) is 9.61. The SMILES string of the molecule is CC(C(=O)N1CCOCC1C(=O)O)N1CCCCCC1. The van der Waals surface area contributed by atoms with Crippen molar-refractivity contribution >= 4 is 11.9 Å². The van der Waals surface area contributed by atoms with Crippen molar-refractivity contribution in [3.05, 3.63) is 0 Å². The summed E-state index contributed by atoms with van der Waals surface area (Å²) in [6, 6.07) is -1.08. The Kier molecular flexibility index (Phi) is 5.37. The second-order valence-electron chi connectivity index (χ2n) is 5.59. The van der Waals surface area contributed by atoms with Gasteiger partial charge >= 0.3 is 5.97 Å². The Morgan fingerprint density at radius 2 is 1.80 bits per heavy atom. The van der Waals surface area contributed by atoms with Crippen molar-refractivity contribution in [3.63, 3.8) is 0 Å². The fraction of sp³-hybridized carbons (Fsp3) is 0.857. The normalized spacial score (nSPS) is 26.9. The van der Waals surface area contributed by atoms with E-state index in [1.165, 1.54) is 17.7 Å². The van der Waals surface area contributed by atoms with Crippen molar-refractivity contribution in [1.82, 2.24) is 9.80 Å². The molecule has 2 fully saturated rings. The fourth-order valence-electron chi connectivity index (χ4n) is 2.95. The van der Waals surface area contributed by atoms with Gasteiger partial charge in [0.2, 0.25) is 5.91 Å². The minimum atomic E-state index is -0.985. The molecule has 0 spiro atoms. The number of likely N-dealkylation sites (tertiary alicyclic amines) is 1. The maximum Gasteiger partial charge on any atom is 0.328 e. The number of carbonyl (C=O) groups excluding carboxylic acids is 1. The number of hydrogen-bond donors (Lipinski definition) is 1. The molecule has 1 N–H and O–H groups in total. The topological polar surface area (TPSA) is 70.1 Å². The molecule has 20 heavy (non-hydrogen) atoms. The number of morpholine rings is 1. The highest BCUT2D eigenvalue weighted by Gasteiger charge is 2.36. The van der Waals surface area contributed by atoms with Crippen LogP contribution in [-0.4, -0.2) is 71.7 Å². The number of ether oxygens (including phenoxy) is 1. The summed E-state index contributed by atoms with van der Waals surface area (Å²) in [4.78, 5) is 27.5. The number of aliphatic carboxylic acids is 1. The van der Waals surface area contributed by atoms with Crippen molar-refractivity contribution < 1.29 is 19.4 Å². The highest BCUT2D eigenvalue weighted by atomic mass is 16.5. The smallest absolute Gasteiger partial charge is 0.328 e. The van der Waals surface area contributed by atoms with E-state index in [4.69, 9.17) is 4.74 Å². The van der Waals surface area contributed by atoms with Gasteiger partial charge in [-0.2, -0.15) is 0 Å². The highest BCUT2D eigenvalue weighted by Crippen LogP contribution is 2.16. The van der Waals surface area contributed by atoms with E-state index in [1.807, 2.05) is 6.92 Å². The van der Waals surface area contributed by atoms with E-state index >= 15 is 0 Å². The van der Waals surface area contributed by atoms with Gasteiger partial charge in [-0.05, 0) is 32.9 Å². The van der Waals surface area contributed by atoms with Crippen LogP contribution in [0.3, 0.4) is 0 Å². The van der Waals surface area contributed by atoms with Gasteiger partial charge < -0.3 is 14.7 Å². The summed E-state index contributed by atoms with van der Waals surface area (Å²) < 4.78 is 5.18. The summed E-state index contributed by atoms with van der Waals surface area (Å²) >= 11 is 0. The number of nitrogens with zero attached hydrogens (tertiary/aromatic N) is 2. The summed E-state index contributed by atoms with van der Waals surface area (Å²) in [5.41, 5.74) is 0. The first-order valence-electron chi connectivity index (χ1n) is 7.46. The molecule has 1 amide bonds. The van der Waals surface area contributed by atoms with Gasteiger partial charge in [0.1, 0.15) is 0 Å². The van der Waals surface area contributed by atoms with E-state index < -0.39 is 12.0 Å². The van der Waals surface area contributed by atoms with E-state index in [9.17, 15) is 14.7 Å². The number of carbonyl (C=O) groups is 2. The van der Waals surface area contributed by atoms with Crippen molar-refractivity contribution in [2.75, 3.05) is 32.8 Å². The second kappa shape index (κ2) is 7.04. The lowest BCUT2D eigenvalue weighted by molar-refractivity contribution is -0.160. The minimum Gasteiger partial charge on any atom is -0.480 e. The Hall–Kier alpha value is -1.14. The van der Waals surface area contributed by atoms with Gasteiger partial charge in [-0.3, -0.25) is 9.69 Å². The summed E-state index contributed by atoms with van der Waals surface area (Å²) in [7, 11) is 0. The van der Waals surface area contributed by atoms with Crippen LogP contribution in [-0.2, 0) is 14.3 Å². The lowest BCUT2D eigenvalue weighted by Crippen LogP contribution is -2.57. The van der Waals surface area contributed by atoms with E-state index in [1.54, 1.807) is 0 Å². The van der Waals surface area contributed by atoms with E-state index in [0.717, 1.165) is 25.9 Å². The lowest BCUT2D eigenvalue weighted by Gasteiger charge is -2.37. The van der Waals surface area contributed by atoms with Crippen molar-refractivity contribution in [3.8, 4) is 0 Å². The number of rotatable bonds is 3. The first-order valence-corrected chi connectivity index (χ1v) is 7.46. The van der Waals surface area contributed by atoms with Crippen molar-refractivity contribution in [2.45, 2.75) is 44.7 Å². The standard InChI is InChI=1S/C14H24N2O4/c1-11(15-6-4-2-3-5-7-15)13(17)16-8-9-20-10-12(16)14(18)19/h11-12H,2-10H2,1H3,(H,18,19). The maximum absolute atomic E-state index is 12.6. The Balaban J connectivity index is 2.01. The van der Waals surface area contributed by atoms with E-state index in [0.29, 0.717) is 13.2 Å². The molecule has 2 heterocycles. The zero-order valence-electron chi connectivity index (χ0n) is 12.1. The van der Waals surface area contributed by atoms with Crippen LogP contribution in [0.15, 0.2) is 0 Å². The van der Waals surface area contributed by atoms with Gasteiger partial charge in [0.05, 0.1) is 19.3 Å². The van der Waals surface area contributed by atoms with Crippen LogP contribution in [0.1, 0.15) is 32.6 Å². The molecule has 2 atom stereocenters. The number of amides is 1. The van der Waals surface area contributed by atoms with E-state index in [-0.39, 0.29) is 18.6 Å². The molecule has 2 rings (SSSR count). The molecule has 0 bridgehead atoms. The minimum absolute atomic E-state index is 0.0809. The number of carboxylic acid groups (broad SMARTS) is 1. The third-order valence-corrected chi connectivity index (χ3v) is 4.24. The first kappa shape index (κ1) is 15.3. The molecule has 0 aromatic carbocycles. The average Bonchev–Trinajstić information content (AvgIpc) is 2.74. The Morgan fingerprint density at radius 1 is 1.15 bits per heavy atom. The molecular formula is C14H24N2O4. The third-order valence-electron chi connectivity index (χ3n) is 4.24. The van der Waals surface area contributed by atoms with Gasteiger partial charge in [-0.25, -0.2) is 4.79 Å². The largest absolute Gasteiger partial charge is 0.480 e.